The van der Waals surface area contributed by atoms with Gasteiger partial charge < -0.3 is 14.6 Å². The van der Waals surface area contributed by atoms with Gasteiger partial charge in [-0.25, -0.2) is 0 Å². The number of hydrogen-bond acceptors (Lipinski definition) is 3. The maximum atomic E-state index is 13.2. The molecule has 4 heteroatoms. The van der Waals surface area contributed by atoms with Crippen molar-refractivity contribution in [3.8, 4) is 0 Å². The van der Waals surface area contributed by atoms with Gasteiger partial charge in [0.05, 0.1) is 23.8 Å². The van der Waals surface area contributed by atoms with Crippen LogP contribution in [0.5, 0.6) is 0 Å². The van der Waals surface area contributed by atoms with Crippen molar-refractivity contribution in [1.29, 1.82) is 0 Å². The van der Waals surface area contributed by atoms with Crippen LogP contribution in [0.4, 0.5) is 11.4 Å². The summed E-state index contributed by atoms with van der Waals surface area (Å²) in [4.78, 5) is 26.4. The maximum absolute atomic E-state index is 13.2. The van der Waals surface area contributed by atoms with Crippen LogP contribution in [0.2, 0.25) is 0 Å². The maximum Gasteiger partial charge on any atom is 0.232 e. The highest BCUT2D eigenvalue weighted by Crippen LogP contribution is 2.42. The topological polar surface area (TPSA) is 40.6 Å². The van der Waals surface area contributed by atoms with Gasteiger partial charge in [0.15, 0.2) is 0 Å². The van der Waals surface area contributed by atoms with Gasteiger partial charge in [0.25, 0.3) is 0 Å². The van der Waals surface area contributed by atoms with Gasteiger partial charge in [-0.05, 0) is 37.5 Å². The highest BCUT2D eigenvalue weighted by atomic mass is 16.2. The van der Waals surface area contributed by atoms with E-state index in [1.54, 1.807) is 0 Å². The summed E-state index contributed by atoms with van der Waals surface area (Å²) in [5, 5.41) is 0. The van der Waals surface area contributed by atoms with Gasteiger partial charge in [0.2, 0.25) is 5.91 Å². The average molecular weight is 350 g/mol. The molecule has 0 radical (unpaired) electrons. The Labute approximate surface area is 155 Å². The fraction of sp³-hybridized carbons (Fsp3) is 0.364. The van der Waals surface area contributed by atoms with Crippen molar-refractivity contribution in [2.24, 2.45) is 5.92 Å². The van der Waals surface area contributed by atoms with E-state index in [9.17, 15) is 4.79 Å². The Balaban J connectivity index is 0.000000613. The molecule has 2 unspecified atom stereocenters. The number of amides is 1. The van der Waals surface area contributed by atoms with Gasteiger partial charge >= 0.3 is 0 Å². The van der Waals surface area contributed by atoms with E-state index in [4.69, 9.17) is 4.79 Å². The van der Waals surface area contributed by atoms with Gasteiger partial charge in [-0.1, -0.05) is 48.9 Å². The number of hydrogen-bond donors (Lipinski definition) is 0. The molecule has 4 nitrogen and oxygen atoms in total. The lowest BCUT2D eigenvalue weighted by Crippen LogP contribution is -2.40. The quantitative estimate of drug-likeness (QED) is 0.768. The molecule has 1 saturated carbocycles. The van der Waals surface area contributed by atoms with Crippen LogP contribution in [0, 0.1) is 5.92 Å². The van der Waals surface area contributed by atoms with Crippen LogP contribution in [0.25, 0.3) is 0 Å². The van der Waals surface area contributed by atoms with Crippen LogP contribution in [-0.4, -0.2) is 25.3 Å². The third kappa shape index (κ3) is 3.50. The van der Waals surface area contributed by atoms with Gasteiger partial charge in [0.1, 0.15) is 6.29 Å². The zero-order valence-corrected chi connectivity index (χ0v) is 15.5. The molecule has 2 atom stereocenters. The molecule has 0 spiro atoms. The number of fused-ring (bicyclic) bond motifs is 2. The number of aldehydes is 1. The van der Waals surface area contributed by atoms with E-state index >= 15 is 0 Å². The highest BCUT2D eigenvalue weighted by molar-refractivity contribution is 6.00. The van der Waals surface area contributed by atoms with Crippen molar-refractivity contribution >= 4 is 23.6 Å². The Bertz CT molecular complexity index is 760. The monoisotopic (exact) mass is 350 g/mol. The van der Waals surface area contributed by atoms with Crippen molar-refractivity contribution in [2.45, 2.75) is 38.8 Å². The summed E-state index contributed by atoms with van der Waals surface area (Å²) >= 11 is 0. The zero-order chi connectivity index (χ0) is 18.5. The number of anilines is 2. The first-order valence-electron chi connectivity index (χ1n) is 9.24. The van der Waals surface area contributed by atoms with Gasteiger partial charge in [-0.2, -0.15) is 0 Å². The van der Waals surface area contributed by atoms with Crippen LogP contribution in [0.15, 0.2) is 54.6 Å². The first-order chi connectivity index (χ1) is 12.7. The summed E-state index contributed by atoms with van der Waals surface area (Å²) in [6, 6.07) is 18.9. The molecular weight excluding hydrogens is 324 g/mol. The third-order valence-corrected chi connectivity index (χ3v) is 5.30. The first kappa shape index (κ1) is 18.2. The second-order valence-corrected chi connectivity index (χ2v) is 6.85. The Morgan fingerprint density at radius 2 is 1.62 bits per heavy atom. The lowest BCUT2D eigenvalue weighted by atomic mass is 10.0. The molecule has 26 heavy (non-hydrogen) atoms. The van der Waals surface area contributed by atoms with E-state index in [-0.39, 0.29) is 11.8 Å². The standard InChI is InChI=1S/C20H22N2O.C2H4O/c1-21-17-13-7-10-16(17)20(23)22(14-15-8-3-2-4-9-15)19-12-6-5-11-18(19)21;1-2-3/h2-6,8-9,11-12,16-17H,7,10,13-14H2,1H3;2H,1H3. The van der Waals surface area contributed by atoms with Crippen molar-refractivity contribution in [1.82, 2.24) is 0 Å². The second kappa shape index (κ2) is 8.17. The fourth-order valence-corrected chi connectivity index (χ4v) is 4.11. The molecule has 0 bridgehead atoms. The Kier molecular flexibility index (Phi) is 5.71. The molecule has 0 N–H and O–H groups in total. The summed E-state index contributed by atoms with van der Waals surface area (Å²) < 4.78 is 0. The largest absolute Gasteiger partial charge is 0.369 e. The molecule has 0 aromatic heterocycles. The fourth-order valence-electron chi connectivity index (χ4n) is 4.11. The molecule has 2 aromatic carbocycles. The Morgan fingerprint density at radius 1 is 1.00 bits per heavy atom. The van der Waals surface area contributed by atoms with Crippen LogP contribution < -0.4 is 9.80 Å². The van der Waals surface area contributed by atoms with Crippen molar-refractivity contribution in [2.75, 3.05) is 16.8 Å². The molecule has 1 aliphatic carbocycles. The number of benzene rings is 2. The molecule has 1 heterocycles. The zero-order valence-electron chi connectivity index (χ0n) is 15.5. The summed E-state index contributed by atoms with van der Waals surface area (Å²) in [6.07, 6.45) is 4.01. The van der Waals surface area contributed by atoms with Crippen LogP contribution in [0.3, 0.4) is 0 Å². The minimum Gasteiger partial charge on any atom is -0.369 e. The van der Waals surface area contributed by atoms with Gasteiger partial charge in [-0.15, -0.1) is 0 Å². The Hall–Kier alpha value is -2.62. The molecule has 2 aromatic rings. The SMILES string of the molecule is CC=O.CN1c2ccccc2N(Cc2ccccc2)C(=O)C2CCCC21. The predicted molar refractivity (Wildman–Crippen MR) is 105 cm³/mol. The van der Waals surface area contributed by atoms with E-state index < -0.39 is 0 Å². The predicted octanol–water partition coefficient (Wildman–Crippen LogP) is 4.04. The summed E-state index contributed by atoms with van der Waals surface area (Å²) in [7, 11) is 2.14. The van der Waals surface area contributed by atoms with Crippen molar-refractivity contribution in [3.05, 3.63) is 60.2 Å². The van der Waals surface area contributed by atoms with Gasteiger partial charge in [0, 0.05) is 13.1 Å². The van der Waals surface area contributed by atoms with E-state index in [1.165, 1.54) is 18.2 Å². The van der Waals surface area contributed by atoms with E-state index in [2.05, 4.69) is 42.3 Å². The van der Waals surface area contributed by atoms with E-state index in [0.29, 0.717) is 12.6 Å². The normalized spacial score (nSPS) is 21.2. The lowest BCUT2D eigenvalue weighted by Gasteiger charge is -2.28. The van der Waals surface area contributed by atoms with Gasteiger partial charge in [-0.3, -0.25) is 4.79 Å². The molecule has 4 rings (SSSR count). The number of carbonyl (C=O) groups is 2. The Morgan fingerprint density at radius 3 is 2.31 bits per heavy atom. The van der Waals surface area contributed by atoms with Crippen LogP contribution in [0.1, 0.15) is 31.7 Å². The number of rotatable bonds is 2. The molecule has 1 fully saturated rings. The first-order valence-corrected chi connectivity index (χ1v) is 9.24. The third-order valence-electron chi connectivity index (χ3n) is 5.30. The molecule has 1 aliphatic heterocycles. The van der Waals surface area contributed by atoms with Crippen molar-refractivity contribution in [3.63, 3.8) is 0 Å². The van der Waals surface area contributed by atoms with E-state index in [1.807, 2.05) is 29.2 Å². The average Bonchev–Trinajstić information content (AvgIpc) is 3.14. The number of carbonyl (C=O) groups excluding carboxylic acids is 2. The minimum atomic E-state index is 0.121. The van der Waals surface area contributed by atoms with E-state index in [0.717, 1.165) is 31.2 Å². The number of nitrogens with zero attached hydrogens (tertiary/aromatic N) is 2. The summed E-state index contributed by atoms with van der Waals surface area (Å²) in [5.74, 6) is 0.407. The highest BCUT2D eigenvalue weighted by Gasteiger charge is 2.42. The molecule has 2 aliphatic rings. The van der Waals surface area contributed by atoms with Crippen molar-refractivity contribution < 1.29 is 9.59 Å². The smallest absolute Gasteiger partial charge is 0.232 e. The molecule has 1 amide bonds. The summed E-state index contributed by atoms with van der Waals surface area (Å²) in [6.45, 7) is 2.09. The summed E-state index contributed by atoms with van der Waals surface area (Å²) in [5.41, 5.74) is 3.39. The molecule has 0 saturated heterocycles. The number of para-hydroxylation sites is 2. The van der Waals surface area contributed by atoms with Crippen LogP contribution >= 0.6 is 0 Å². The lowest BCUT2D eigenvalue weighted by molar-refractivity contribution is -0.122. The molecular formula is C22H26N2O2. The molecule has 136 valence electrons. The minimum absolute atomic E-state index is 0.121. The van der Waals surface area contributed by atoms with Crippen LogP contribution in [-0.2, 0) is 16.1 Å². The second-order valence-electron chi connectivity index (χ2n) is 6.85.